The summed E-state index contributed by atoms with van der Waals surface area (Å²) < 4.78 is 11.9. The lowest BCUT2D eigenvalue weighted by molar-refractivity contribution is 0.355. The van der Waals surface area contributed by atoms with E-state index in [1.807, 2.05) is 6.07 Å². The molecule has 0 aliphatic rings. The van der Waals surface area contributed by atoms with Gasteiger partial charge in [-0.2, -0.15) is 5.10 Å². The van der Waals surface area contributed by atoms with Crippen molar-refractivity contribution in [2.24, 2.45) is 0 Å². The Kier molecular flexibility index (Phi) is 2.86. The number of hydrogen-bond acceptors (Lipinski definition) is 5. The predicted octanol–water partition coefficient (Wildman–Crippen LogP) is 1.10. The molecule has 2 heterocycles. The van der Waals surface area contributed by atoms with E-state index in [4.69, 9.17) is 9.47 Å². The van der Waals surface area contributed by atoms with Gasteiger partial charge in [0.2, 0.25) is 0 Å². The first-order chi connectivity index (χ1) is 9.74. The van der Waals surface area contributed by atoms with Gasteiger partial charge in [0, 0.05) is 18.0 Å². The first kappa shape index (κ1) is 12.2. The minimum absolute atomic E-state index is 0.332. The molecule has 0 amide bonds. The lowest BCUT2D eigenvalue weighted by atomic mass is 10.1. The van der Waals surface area contributed by atoms with E-state index in [2.05, 4.69) is 15.2 Å². The molecular weight excluding hydrogens is 260 g/mol. The maximum absolute atomic E-state index is 11.6. The largest absolute Gasteiger partial charge is 0.493 e. The molecule has 0 bridgehead atoms. The van der Waals surface area contributed by atoms with Crippen LogP contribution in [0.1, 0.15) is 0 Å². The molecule has 1 N–H and O–H groups in total. The lowest BCUT2D eigenvalue weighted by Crippen LogP contribution is -2.17. The fourth-order valence-corrected chi connectivity index (χ4v) is 2.03. The van der Waals surface area contributed by atoms with Crippen LogP contribution in [-0.4, -0.2) is 33.8 Å². The maximum Gasteiger partial charge on any atom is 0.347 e. The number of ether oxygens (including phenoxy) is 2. The number of H-pyrrole nitrogens is 1. The van der Waals surface area contributed by atoms with Crippen molar-refractivity contribution in [1.82, 2.24) is 19.6 Å². The summed E-state index contributed by atoms with van der Waals surface area (Å²) >= 11 is 0. The molecule has 7 heteroatoms. The highest BCUT2D eigenvalue weighted by Gasteiger charge is 2.12. The molecule has 1 aromatic carbocycles. The zero-order valence-electron chi connectivity index (χ0n) is 11.0. The van der Waals surface area contributed by atoms with Crippen molar-refractivity contribution in [3.8, 4) is 22.8 Å². The zero-order valence-corrected chi connectivity index (χ0v) is 11.0. The van der Waals surface area contributed by atoms with Crippen molar-refractivity contribution in [3.05, 3.63) is 41.1 Å². The molecule has 0 fully saturated rings. The Morgan fingerprint density at radius 3 is 2.75 bits per heavy atom. The average molecular weight is 272 g/mol. The van der Waals surface area contributed by atoms with Gasteiger partial charge in [-0.15, -0.1) is 0 Å². The molecule has 20 heavy (non-hydrogen) atoms. The van der Waals surface area contributed by atoms with Gasteiger partial charge >= 0.3 is 5.69 Å². The summed E-state index contributed by atoms with van der Waals surface area (Å²) in [6.45, 7) is 0. The molecule has 0 atom stereocenters. The minimum Gasteiger partial charge on any atom is -0.493 e. The van der Waals surface area contributed by atoms with Gasteiger partial charge in [-0.25, -0.2) is 19.3 Å². The summed E-state index contributed by atoms with van der Waals surface area (Å²) in [6, 6.07) is 5.39. The number of imidazole rings is 1. The minimum atomic E-state index is -0.332. The van der Waals surface area contributed by atoms with Crippen LogP contribution in [0.3, 0.4) is 0 Å². The number of rotatable bonds is 3. The first-order valence-electron chi connectivity index (χ1n) is 5.88. The molecule has 102 valence electrons. The van der Waals surface area contributed by atoms with E-state index < -0.39 is 0 Å². The SMILES string of the molecule is COc1ccc(-c2n[nH]c(=O)n3ccnc23)cc1OC. The highest BCUT2D eigenvalue weighted by atomic mass is 16.5. The third-order valence-electron chi connectivity index (χ3n) is 2.99. The van der Waals surface area contributed by atoms with Gasteiger partial charge < -0.3 is 9.47 Å². The number of aromatic amines is 1. The molecule has 0 aliphatic heterocycles. The molecule has 2 aromatic heterocycles. The smallest absolute Gasteiger partial charge is 0.347 e. The molecule has 0 saturated carbocycles. The number of nitrogens with one attached hydrogen (secondary N) is 1. The van der Waals surface area contributed by atoms with E-state index in [-0.39, 0.29) is 5.69 Å². The molecule has 0 saturated heterocycles. The quantitative estimate of drug-likeness (QED) is 0.772. The summed E-state index contributed by atoms with van der Waals surface area (Å²) in [4.78, 5) is 15.8. The van der Waals surface area contributed by atoms with Crippen molar-refractivity contribution in [3.63, 3.8) is 0 Å². The van der Waals surface area contributed by atoms with E-state index in [1.54, 1.807) is 38.7 Å². The highest BCUT2D eigenvalue weighted by Crippen LogP contribution is 2.32. The predicted molar refractivity (Wildman–Crippen MR) is 72.1 cm³/mol. The number of benzene rings is 1. The summed E-state index contributed by atoms with van der Waals surface area (Å²) in [7, 11) is 3.13. The molecule has 0 radical (unpaired) electrons. The van der Waals surface area contributed by atoms with Crippen molar-refractivity contribution >= 4 is 5.65 Å². The normalized spacial score (nSPS) is 10.7. The van der Waals surface area contributed by atoms with Crippen LogP contribution >= 0.6 is 0 Å². The monoisotopic (exact) mass is 272 g/mol. The van der Waals surface area contributed by atoms with Crippen molar-refractivity contribution in [2.45, 2.75) is 0 Å². The van der Waals surface area contributed by atoms with E-state index >= 15 is 0 Å². The van der Waals surface area contributed by atoms with Gasteiger partial charge in [0.25, 0.3) is 0 Å². The molecule has 3 rings (SSSR count). The van der Waals surface area contributed by atoms with Crippen LogP contribution in [0.25, 0.3) is 16.9 Å². The van der Waals surface area contributed by atoms with Gasteiger partial charge in [-0.05, 0) is 18.2 Å². The van der Waals surface area contributed by atoms with Crippen molar-refractivity contribution < 1.29 is 9.47 Å². The fraction of sp³-hybridized carbons (Fsp3) is 0.154. The summed E-state index contributed by atoms with van der Waals surface area (Å²) in [5, 5.41) is 6.50. The Labute approximate surface area is 113 Å². The lowest BCUT2D eigenvalue weighted by Gasteiger charge is -2.09. The van der Waals surface area contributed by atoms with Crippen LogP contribution in [0.5, 0.6) is 11.5 Å². The number of hydrogen-bond donors (Lipinski definition) is 1. The standard InChI is InChI=1S/C13H12N4O3/c1-19-9-4-3-8(7-10(9)20-2)11-12-14-5-6-17(12)13(18)16-15-11/h3-7H,1-2H3,(H,16,18). The Hall–Kier alpha value is -2.83. The van der Waals surface area contributed by atoms with E-state index in [9.17, 15) is 4.79 Å². The van der Waals surface area contributed by atoms with Gasteiger partial charge in [0.15, 0.2) is 17.1 Å². The topological polar surface area (TPSA) is 81.5 Å². The number of aromatic nitrogens is 4. The van der Waals surface area contributed by atoms with E-state index in [0.29, 0.717) is 22.8 Å². The second kappa shape index (κ2) is 4.69. The van der Waals surface area contributed by atoms with E-state index in [1.165, 1.54) is 4.40 Å². The molecule has 0 spiro atoms. The van der Waals surface area contributed by atoms with Gasteiger partial charge in [0.05, 0.1) is 14.2 Å². The summed E-state index contributed by atoms with van der Waals surface area (Å²) in [5.41, 5.74) is 1.49. The Morgan fingerprint density at radius 1 is 1.20 bits per heavy atom. The van der Waals surface area contributed by atoms with E-state index in [0.717, 1.165) is 5.56 Å². The van der Waals surface area contributed by atoms with Crippen LogP contribution in [0.4, 0.5) is 0 Å². The molecule has 0 aliphatic carbocycles. The van der Waals surface area contributed by atoms with Crippen molar-refractivity contribution in [1.29, 1.82) is 0 Å². The number of nitrogens with zero attached hydrogens (tertiary/aromatic N) is 3. The van der Waals surface area contributed by atoms with Crippen molar-refractivity contribution in [2.75, 3.05) is 14.2 Å². The second-order valence-electron chi connectivity index (χ2n) is 4.07. The average Bonchev–Trinajstić information content (AvgIpc) is 2.97. The maximum atomic E-state index is 11.6. The summed E-state index contributed by atoms with van der Waals surface area (Å²) in [6.07, 6.45) is 3.14. The third kappa shape index (κ3) is 1.80. The van der Waals surface area contributed by atoms with Crippen LogP contribution in [0.15, 0.2) is 35.4 Å². The molecule has 3 aromatic rings. The van der Waals surface area contributed by atoms with Gasteiger partial charge in [0.1, 0.15) is 5.69 Å². The van der Waals surface area contributed by atoms with Crippen LogP contribution in [0, 0.1) is 0 Å². The Bertz CT molecular complexity index is 822. The third-order valence-corrected chi connectivity index (χ3v) is 2.99. The first-order valence-corrected chi connectivity index (χ1v) is 5.88. The number of fused-ring (bicyclic) bond motifs is 1. The van der Waals surface area contributed by atoms with Gasteiger partial charge in [-0.3, -0.25) is 0 Å². The zero-order chi connectivity index (χ0) is 14.1. The number of methoxy groups -OCH3 is 2. The fourth-order valence-electron chi connectivity index (χ4n) is 2.03. The summed E-state index contributed by atoms with van der Waals surface area (Å²) in [5.74, 6) is 1.21. The highest BCUT2D eigenvalue weighted by molar-refractivity contribution is 5.74. The van der Waals surface area contributed by atoms with Crippen LogP contribution < -0.4 is 15.2 Å². The molecular formula is C13H12N4O3. The molecule has 0 unspecified atom stereocenters. The Morgan fingerprint density at radius 2 is 2.00 bits per heavy atom. The second-order valence-corrected chi connectivity index (χ2v) is 4.07. The van der Waals surface area contributed by atoms with Crippen LogP contribution in [-0.2, 0) is 0 Å². The van der Waals surface area contributed by atoms with Gasteiger partial charge in [-0.1, -0.05) is 0 Å². The Balaban J connectivity index is 2.23. The molecule has 7 nitrogen and oxygen atoms in total. The van der Waals surface area contributed by atoms with Crippen LogP contribution in [0.2, 0.25) is 0 Å².